The molecule has 0 aliphatic rings. The van der Waals surface area contributed by atoms with Crippen LogP contribution >= 0.6 is 11.3 Å². The lowest BCUT2D eigenvalue weighted by atomic mass is 10.1. The zero-order chi connectivity index (χ0) is 17.5. The van der Waals surface area contributed by atoms with Crippen molar-refractivity contribution in [3.05, 3.63) is 51.7 Å². The summed E-state index contributed by atoms with van der Waals surface area (Å²) in [6.45, 7) is 0. The minimum absolute atomic E-state index is 0.150. The van der Waals surface area contributed by atoms with Gasteiger partial charge in [-0.1, -0.05) is 12.1 Å². The molecule has 0 radical (unpaired) electrons. The number of hydrogen-bond donors (Lipinski definition) is 0. The normalized spacial score (nSPS) is 10.6. The molecule has 0 unspecified atom stereocenters. The molecule has 6 nitrogen and oxygen atoms in total. The zero-order valence-electron chi connectivity index (χ0n) is 12.9. The summed E-state index contributed by atoms with van der Waals surface area (Å²) in [5.74, 6) is -0.677. The molecule has 2 aromatic rings. The van der Waals surface area contributed by atoms with Gasteiger partial charge in [0.05, 0.1) is 14.2 Å². The highest BCUT2D eigenvalue weighted by atomic mass is 32.1. The van der Waals surface area contributed by atoms with Crippen LogP contribution in [0, 0.1) is 11.3 Å². The average Bonchev–Trinajstić information content (AvgIpc) is 3.14. The van der Waals surface area contributed by atoms with E-state index in [2.05, 4.69) is 4.74 Å². The molecule has 122 valence electrons. The number of nitrogens with zero attached hydrogens (tertiary/aromatic N) is 1. The van der Waals surface area contributed by atoms with Crippen molar-refractivity contribution in [1.29, 1.82) is 5.26 Å². The molecule has 0 saturated heterocycles. The zero-order valence-corrected chi connectivity index (χ0v) is 13.8. The predicted molar refractivity (Wildman–Crippen MR) is 87.9 cm³/mol. The van der Waals surface area contributed by atoms with E-state index >= 15 is 0 Å². The topological polar surface area (TPSA) is 85.6 Å². The smallest absolute Gasteiger partial charge is 0.353 e. The maximum absolute atomic E-state index is 12.0. The van der Waals surface area contributed by atoms with E-state index in [4.69, 9.17) is 14.7 Å². The van der Waals surface area contributed by atoms with Crippen LogP contribution in [0.5, 0.6) is 11.5 Å². The molecule has 0 N–H and O–H groups in total. The Morgan fingerprint density at radius 3 is 2.58 bits per heavy atom. The molecule has 7 heteroatoms. The van der Waals surface area contributed by atoms with Crippen molar-refractivity contribution in [1.82, 2.24) is 0 Å². The maximum atomic E-state index is 12.0. The Kier molecular flexibility index (Phi) is 5.71. The van der Waals surface area contributed by atoms with Gasteiger partial charge in [-0.3, -0.25) is 0 Å². The number of nitriles is 1. The van der Waals surface area contributed by atoms with Crippen molar-refractivity contribution in [3.8, 4) is 17.6 Å². The summed E-state index contributed by atoms with van der Waals surface area (Å²) in [6.07, 6.45) is 1.36. The third-order valence-electron chi connectivity index (χ3n) is 2.95. The van der Waals surface area contributed by atoms with Crippen molar-refractivity contribution in [2.45, 2.75) is 0 Å². The number of thiophene rings is 1. The lowest BCUT2D eigenvalue weighted by molar-refractivity contribution is -0.135. The second-order valence-corrected chi connectivity index (χ2v) is 5.39. The highest BCUT2D eigenvalue weighted by molar-refractivity contribution is 7.12. The number of methoxy groups -OCH3 is 2. The van der Waals surface area contributed by atoms with Crippen LogP contribution in [0.15, 0.2) is 41.3 Å². The number of carbonyl (C=O) groups excluding carboxylic acids is 2. The van der Waals surface area contributed by atoms with Gasteiger partial charge < -0.3 is 14.2 Å². The summed E-state index contributed by atoms with van der Waals surface area (Å²) in [7, 11) is 2.62. The number of ether oxygens (including phenoxy) is 3. The van der Waals surface area contributed by atoms with E-state index in [-0.39, 0.29) is 11.3 Å². The number of rotatable bonds is 5. The van der Waals surface area contributed by atoms with Crippen LogP contribution in [0.2, 0.25) is 0 Å². The molecule has 0 atom stereocenters. The molecule has 1 heterocycles. The fourth-order valence-corrected chi connectivity index (χ4v) is 2.42. The Morgan fingerprint density at radius 2 is 2.00 bits per heavy atom. The predicted octanol–water partition coefficient (Wildman–Crippen LogP) is 3.06. The van der Waals surface area contributed by atoms with E-state index in [1.54, 1.807) is 35.7 Å². The number of esters is 2. The fraction of sp³-hybridized carbons (Fsp3) is 0.118. The number of benzene rings is 1. The standard InChI is InChI=1S/C17H13NO5S/c1-21-14-9-11(8-12(10-18)16(19)22-2)5-6-13(14)23-17(20)15-4-3-7-24-15/h3-9H,1-2H3/b12-8+. The molecular formula is C17H13NO5S. The Morgan fingerprint density at radius 1 is 1.21 bits per heavy atom. The first-order valence-corrected chi connectivity index (χ1v) is 7.61. The molecule has 1 aromatic carbocycles. The molecule has 0 amide bonds. The molecule has 2 rings (SSSR count). The Balaban J connectivity index is 2.28. The lowest BCUT2D eigenvalue weighted by Gasteiger charge is -2.09. The molecule has 0 fully saturated rings. The van der Waals surface area contributed by atoms with E-state index < -0.39 is 11.9 Å². The molecule has 0 aliphatic carbocycles. The summed E-state index contributed by atoms with van der Waals surface area (Å²) in [6, 6.07) is 9.86. The van der Waals surface area contributed by atoms with Gasteiger partial charge in [0.15, 0.2) is 11.5 Å². The van der Waals surface area contributed by atoms with Crippen LogP contribution in [0.4, 0.5) is 0 Å². The Bertz CT molecular complexity index is 818. The van der Waals surface area contributed by atoms with Gasteiger partial charge in [-0.15, -0.1) is 11.3 Å². The summed E-state index contributed by atoms with van der Waals surface area (Å²) in [5.41, 5.74) is 0.382. The first-order valence-electron chi connectivity index (χ1n) is 6.73. The van der Waals surface area contributed by atoms with E-state index in [9.17, 15) is 9.59 Å². The average molecular weight is 343 g/mol. The minimum atomic E-state index is -0.732. The minimum Gasteiger partial charge on any atom is -0.493 e. The molecule has 0 spiro atoms. The van der Waals surface area contributed by atoms with E-state index in [1.165, 1.54) is 37.7 Å². The summed E-state index contributed by atoms with van der Waals surface area (Å²) < 4.78 is 15.0. The number of hydrogen-bond acceptors (Lipinski definition) is 7. The van der Waals surface area contributed by atoms with Crippen molar-refractivity contribution in [2.24, 2.45) is 0 Å². The third kappa shape index (κ3) is 4.00. The van der Waals surface area contributed by atoms with Crippen LogP contribution in [-0.4, -0.2) is 26.2 Å². The van der Waals surface area contributed by atoms with Crippen LogP contribution in [-0.2, 0) is 9.53 Å². The van der Waals surface area contributed by atoms with Crippen molar-refractivity contribution < 1.29 is 23.8 Å². The highest BCUT2D eigenvalue weighted by Gasteiger charge is 2.14. The largest absolute Gasteiger partial charge is 0.493 e. The lowest BCUT2D eigenvalue weighted by Crippen LogP contribution is -2.07. The van der Waals surface area contributed by atoms with E-state index in [0.717, 1.165) is 0 Å². The molecule has 1 aromatic heterocycles. The maximum Gasteiger partial charge on any atom is 0.353 e. The molecule has 0 bridgehead atoms. The second-order valence-electron chi connectivity index (χ2n) is 4.44. The molecule has 0 aliphatic heterocycles. The molecule has 0 saturated carbocycles. The fourth-order valence-electron chi connectivity index (χ4n) is 1.82. The van der Waals surface area contributed by atoms with Gasteiger partial charge >= 0.3 is 11.9 Å². The van der Waals surface area contributed by atoms with Crippen molar-refractivity contribution in [3.63, 3.8) is 0 Å². The monoisotopic (exact) mass is 343 g/mol. The SMILES string of the molecule is COC(=O)/C(C#N)=C/c1ccc(OC(=O)c2cccs2)c(OC)c1. The Labute approximate surface area is 142 Å². The molecular weight excluding hydrogens is 330 g/mol. The first-order chi connectivity index (χ1) is 11.6. The summed E-state index contributed by atoms with van der Waals surface area (Å²) in [5, 5.41) is 10.8. The van der Waals surface area contributed by atoms with Crippen molar-refractivity contribution in [2.75, 3.05) is 14.2 Å². The highest BCUT2D eigenvalue weighted by Crippen LogP contribution is 2.30. The second kappa shape index (κ2) is 7.94. The van der Waals surface area contributed by atoms with Crippen LogP contribution in [0.25, 0.3) is 6.08 Å². The van der Waals surface area contributed by atoms with Gasteiger partial charge in [0.25, 0.3) is 0 Å². The van der Waals surface area contributed by atoms with Gasteiger partial charge in [0, 0.05) is 0 Å². The Hall–Kier alpha value is -3.11. The quantitative estimate of drug-likeness (QED) is 0.359. The van der Waals surface area contributed by atoms with Crippen LogP contribution in [0.1, 0.15) is 15.2 Å². The van der Waals surface area contributed by atoms with Gasteiger partial charge in [-0.05, 0) is 35.2 Å². The van der Waals surface area contributed by atoms with Crippen molar-refractivity contribution >= 4 is 29.4 Å². The number of carbonyl (C=O) groups is 2. The third-order valence-corrected chi connectivity index (χ3v) is 3.80. The summed E-state index contributed by atoms with van der Waals surface area (Å²) in [4.78, 5) is 23.9. The van der Waals surface area contributed by atoms with Gasteiger partial charge in [0.2, 0.25) is 0 Å². The van der Waals surface area contributed by atoms with Crippen LogP contribution in [0.3, 0.4) is 0 Å². The van der Waals surface area contributed by atoms with E-state index in [0.29, 0.717) is 16.2 Å². The van der Waals surface area contributed by atoms with Gasteiger partial charge in [-0.2, -0.15) is 5.26 Å². The van der Waals surface area contributed by atoms with E-state index in [1.807, 2.05) is 0 Å². The van der Waals surface area contributed by atoms with Crippen LogP contribution < -0.4 is 9.47 Å². The molecule has 24 heavy (non-hydrogen) atoms. The first kappa shape index (κ1) is 17.2. The van der Waals surface area contributed by atoms with Gasteiger partial charge in [0.1, 0.15) is 16.5 Å². The van der Waals surface area contributed by atoms with Gasteiger partial charge in [-0.25, -0.2) is 9.59 Å². The summed E-state index contributed by atoms with van der Waals surface area (Å²) >= 11 is 1.27.